The summed E-state index contributed by atoms with van der Waals surface area (Å²) in [4.78, 5) is 0. The highest BCUT2D eigenvalue weighted by Gasteiger charge is 1.96. The topological polar surface area (TPSA) is 0 Å². The molecule has 0 nitrogen and oxygen atoms in total. The van der Waals surface area contributed by atoms with Crippen molar-refractivity contribution in [2.24, 2.45) is 5.92 Å². The minimum Gasteiger partial charge on any atom is -0.0813 e. The van der Waals surface area contributed by atoms with E-state index in [0.717, 1.165) is 5.92 Å². The Morgan fingerprint density at radius 2 is 2.09 bits per heavy atom. The number of rotatable bonds is 6. The zero-order valence-corrected chi connectivity index (χ0v) is 8.19. The van der Waals surface area contributed by atoms with Crippen LogP contribution >= 0.6 is 0 Å². The number of unbranched alkanes of at least 4 members (excludes halogenated alkanes) is 2. The van der Waals surface area contributed by atoms with Crippen LogP contribution in [0.1, 0.15) is 52.9 Å². The highest BCUT2D eigenvalue weighted by Crippen LogP contribution is 2.11. The van der Waals surface area contributed by atoms with Gasteiger partial charge >= 0.3 is 0 Å². The van der Waals surface area contributed by atoms with E-state index in [4.69, 9.17) is 0 Å². The van der Waals surface area contributed by atoms with Crippen LogP contribution in [0.15, 0.2) is 6.08 Å². The molecule has 0 bridgehead atoms. The molecule has 65 valence electrons. The molecular formula is C11H21. The van der Waals surface area contributed by atoms with Gasteiger partial charge in [-0.15, -0.1) is 0 Å². The second-order valence-corrected chi connectivity index (χ2v) is 3.29. The zero-order chi connectivity index (χ0) is 8.53. The average molecular weight is 153 g/mol. The summed E-state index contributed by atoms with van der Waals surface area (Å²) in [5.74, 6) is 0.921. The van der Waals surface area contributed by atoms with Gasteiger partial charge in [-0.3, -0.25) is 0 Å². The molecule has 0 saturated carbocycles. The Morgan fingerprint density at radius 1 is 1.36 bits per heavy atom. The van der Waals surface area contributed by atoms with Crippen molar-refractivity contribution >= 4 is 0 Å². The maximum Gasteiger partial charge on any atom is -0.0345 e. The molecule has 0 aliphatic heterocycles. The first-order valence-electron chi connectivity index (χ1n) is 4.80. The van der Waals surface area contributed by atoms with E-state index in [9.17, 15) is 0 Å². The highest BCUT2D eigenvalue weighted by atomic mass is 14.0. The largest absolute Gasteiger partial charge is 0.0813 e. The van der Waals surface area contributed by atoms with Crippen LogP contribution in [0.2, 0.25) is 0 Å². The lowest BCUT2D eigenvalue weighted by molar-refractivity contribution is 0.486. The molecule has 0 aromatic carbocycles. The van der Waals surface area contributed by atoms with E-state index in [1.807, 2.05) is 6.92 Å². The van der Waals surface area contributed by atoms with Gasteiger partial charge in [0.1, 0.15) is 0 Å². The summed E-state index contributed by atoms with van der Waals surface area (Å²) in [6.45, 7) is 6.57. The predicted octanol–water partition coefficient (Wildman–Crippen LogP) is 3.97. The molecule has 0 saturated heterocycles. The molecule has 1 unspecified atom stereocenters. The van der Waals surface area contributed by atoms with Gasteiger partial charge in [-0.1, -0.05) is 45.3 Å². The maximum absolute atomic E-state index is 3.04. The molecule has 1 radical (unpaired) electrons. The van der Waals surface area contributed by atoms with Gasteiger partial charge in [-0.05, 0) is 25.7 Å². The van der Waals surface area contributed by atoms with Crippen molar-refractivity contribution in [3.8, 4) is 0 Å². The number of allylic oxidation sites excluding steroid dienone is 2. The van der Waals surface area contributed by atoms with Crippen LogP contribution in [0, 0.1) is 12.0 Å². The van der Waals surface area contributed by atoms with Gasteiger partial charge in [0.15, 0.2) is 0 Å². The van der Waals surface area contributed by atoms with Crippen LogP contribution in [-0.2, 0) is 0 Å². The Bertz CT molecular complexity index is 92.2. The first-order valence-corrected chi connectivity index (χ1v) is 4.80. The third kappa shape index (κ3) is 7.64. The minimum absolute atomic E-state index is 0.921. The van der Waals surface area contributed by atoms with Crippen molar-refractivity contribution in [3.05, 3.63) is 12.2 Å². The third-order valence-electron chi connectivity index (χ3n) is 2.20. The van der Waals surface area contributed by atoms with Crippen LogP contribution in [0.25, 0.3) is 0 Å². The summed E-state index contributed by atoms with van der Waals surface area (Å²) < 4.78 is 0. The Balaban J connectivity index is 3.01. The van der Waals surface area contributed by atoms with Gasteiger partial charge in [-0.25, -0.2) is 0 Å². The van der Waals surface area contributed by atoms with Crippen molar-refractivity contribution in [2.45, 2.75) is 52.9 Å². The minimum atomic E-state index is 0.921. The fourth-order valence-electron chi connectivity index (χ4n) is 1.09. The summed E-state index contributed by atoms with van der Waals surface area (Å²) >= 11 is 0. The fourth-order valence-corrected chi connectivity index (χ4v) is 1.09. The predicted molar refractivity (Wildman–Crippen MR) is 51.4 cm³/mol. The number of hydrogen-bond acceptors (Lipinski definition) is 0. The van der Waals surface area contributed by atoms with Gasteiger partial charge in [-0.2, -0.15) is 0 Å². The molecular weight excluding hydrogens is 132 g/mol. The molecule has 0 aromatic heterocycles. The van der Waals surface area contributed by atoms with Gasteiger partial charge in [0.2, 0.25) is 0 Å². The van der Waals surface area contributed by atoms with Crippen LogP contribution in [0.5, 0.6) is 0 Å². The van der Waals surface area contributed by atoms with E-state index >= 15 is 0 Å². The maximum atomic E-state index is 3.04. The molecule has 0 fully saturated rings. The Kier molecular flexibility index (Phi) is 7.66. The van der Waals surface area contributed by atoms with E-state index < -0.39 is 0 Å². The Morgan fingerprint density at radius 3 is 2.64 bits per heavy atom. The first kappa shape index (κ1) is 10.7. The van der Waals surface area contributed by atoms with Crippen molar-refractivity contribution in [1.29, 1.82) is 0 Å². The average Bonchev–Trinajstić information content (AvgIpc) is 2.04. The van der Waals surface area contributed by atoms with E-state index in [-0.39, 0.29) is 0 Å². The lowest BCUT2D eigenvalue weighted by Gasteiger charge is -2.05. The van der Waals surface area contributed by atoms with Gasteiger partial charge in [0.25, 0.3) is 0 Å². The molecule has 0 aromatic rings. The van der Waals surface area contributed by atoms with Crippen LogP contribution < -0.4 is 0 Å². The molecule has 0 heterocycles. The van der Waals surface area contributed by atoms with E-state index in [0.29, 0.717) is 0 Å². The summed E-state index contributed by atoms with van der Waals surface area (Å²) in [5, 5.41) is 0. The van der Waals surface area contributed by atoms with Crippen molar-refractivity contribution in [1.82, 2.24) is 0 Å². The molecule has 0 aliphatic carbocycles. The second kappa shape index (κ2) is 7.84. The Labute approximate surface area is 71.7 Å². The second-order valence-electron chi connectivity index (χ2n) is 3.29. The molecule has 0 N–H and O–H groups in total. The standard InChI is InChI=1S/C11H21/c1-4-6-7-8-9-10-11(3)5-2/h6,11H,5,7-10H2,1-3H3. The van der Waals surface area contributed by atoms with Crippen molar-refractivity contribution in [2.75, 3.05) is 0 Å². The van der Waals surface area contributed by atoms with E-state index in [2.05, 4.69) is 26.0 Å². The molecule has 0 aliphatic rings. The summed E-state index contributed by atoms with van der Waals surface area (Å²) in [7, 11) is 0. The molecule has 0 rings (SSSR count). The molecule has 0 amide bonds. The lowest BCUT2D eigenvalue weighted by atomic mass is 10.0. The van der Waals surface area contributed by atoms with Gasteiger partial charge in [0.05, 0.1) is 0 Å². The smallest absolute Gasteiger partial charge is 0.0345 e. The molecule has 0 heteroatoms. The first-order chi connectivity index (χ1) is 5.31. The summed E-state index contributed by atoms with van der Waals surface area (Å²) in [5.41, 5.74) is 0. The van der Waals surface area contributed by atoms with Crippen molar-refractivity contribution < 1.29 is 0 Å². The van der Waals surface area contributed by atoms with E-state index in [1.54, 1.807) is 0 Å². The van der Waals surface area contributed by atoms with Crippen LogP contribution in [0.3, 0.4) is 0 Å². The summed E-state index contributed by atoms with van der Waals surface area (Å²) in [6.07, 6.45) is 11.8. The van der Waals surface area contributed by atoms with Crippen LogP contribution in [-0.4, -0.2) is 0 Å². The van der Waals surface area contributed by atoms with E-state index in [1.165, 1.54) is 32.1 Å². The van der Waals surface area contributed by atoms with Crippen molar-refractivity contribution in [3.63, 3.8) is 0 Å². The fraction of sp³-hybridized carbons (Fsp3) is 0.818. The van der Waals surface area contributed by atoms with Crippen LogP contribution in [0.4, 0.5) is 0 Å². The number of hydrogen-bond donors (Lipinski definition) is 0. The molecule has 11 heavy (non-hydrogen) atoms. The van der Waals surface area contributed by atoms with Gasteiger partial charge in [0, 0.05) is 0 Å². The lowest BCUT2D eigenvalue weighted by Crippen LogP contribution is -1.90. The SMILES string of the molecule is C[C]=CCCCCC(C)CC. The van der Waals surface area contributed by atoms with Gasteiger partial charge < -0.3 is 0 Å². The highest BCUT2D eigenvalue weighted by molar-refractivity contribution is 4.69. The quantitative estimate of drug-likeness (QED) is 0.506. The zero-order valence-electron chi connectivity index (χ0n) is 8.19. The molecule has 1 atom stereocenters. The summed E-state index contributed by atoms with van der Waals surface area (Å²) in [6, 6.07) is 0. The Hall–Kier alpha value is -0.260. The normalized spacial score (nSPS) is 14.1. The molecule has 0 spiro atoms. The monoisotopic (exact) mass is 153 g/mol. The third-order valence-corrected chi connectivity index (χ3v) is 2.20.